The molecule has 0 bridgehead atoms. The van der Waals surface area contributed by atoms with Crippen LogP contribution in [0.3, 0.4) is 0 Å². The van der Waals surface area contributed by atoms with Gasteiger partial charge in [0.15, 0.2) is 0 Å². The molecule has 0 unspecified atom stereocenters. The van der Waals surface area contributed by atoms with Crippen LogP contribution in [0.2, 0.25) is 5.02 Å². The van der Waals surface area contributed by atoms with Crippen LogP contribution in [-0.2, 0) is 0 Å². The van der Waals surface area contributed by atoms with Gasteiger partial charge in [0.1, 0.15) is 0 Å². The quantitative estimate of drug-likeness (QED) is 0.572. The van der Waals surface area contributed by atoms with Crippen molar-refractivity contribution in [3.63, 3.8) is 0 Å². The minimum atomic E-state index is -0.369. The average molecular weight is 392 g/mol. The van der Waals surface area contributed by atoms with Crippen LogP contribution < -0.4 is 5.32 Å². The van der Waals surface area contributed by atoms with E-state index >= 15 is 0 Å². The number of carbonyl (C=O) groups excluding carboxylic acids is 1. The van der Waals surface area contributed by atoms with Gasteiger partial charge in [-0.25, -0.2) is 9.50 Å². The van der Waals surface area contributed by atoms with Gasteiger partial charge in [0.2, 0.25) is 5.82 Å². The van der Waals surface area contributed by atoms with Crippen molar-refractivity contribution in [3.8, 4) is 0 Å². The number of rotatable bonds is 4. The molecular weight excluding hydrogens is 374 g/mol. The highest BCUT2D eigenvalue weighted by Gasteiger charge is 2.21. The molecule has 0 aliphatic heterocycles. The molecule has 4 rings (SSSR count). The summed E-state index contributed by atoms with van der Waals surface area (Å²) in [6.07, 6.45) is 0. The van der Waals surface area contributed by atoms with Crippen LogP contribution in [-0.4, -0.2) is 25.5 Å². The van der Waals surface area contributed by atoms with Crippen LogP contribution in [0.1, 0.15) is 39.2 Å². The molecule has 0 saturated heterocycles. The highest BCUT2D eigenvalue weighted by molar-refractivity contribution is 6.30. The minimum Gasteiger partial charge on any atom is -0.338 e. The Kier molecular flexibility index (Phi) is 4.79. The van der Waals surface area contributed by atoms with Crippen molar-refractivity contribution < 1.29 is 4.79 Å². The lowest BCUT2D eigenvalue weighted by atomic mass is 9.98. The lowest BCUT2D eigenvalue weighted by Crippen LogP contribution is -2.30. The second kappa shape index (κ2) is 7.40. The molecule has 2 aromatic carbocycles. The SMILES string of the molecule is Cc1cc(C)n2nc(C(=O)N[C@@H](c3ccccc3)c3ccc(Cl)cc3)nc2n1. The molecule has 0 aliphatic rings. The summed E-state index contributed by atoms with van der Waals surface area (Å²) in [6.45, 7) is 3.78. The third-order valence-electron chi connectivity index (χ3n) is 4.43. The number of hydrogen-bond donors (Lipinski definition) is 1. The van der Waals surface area contributed by atoms with Crippen molar-refractivity contribution in [3.05, 3.63) is 94.0 Å². The van der Waals surface area contributed by atoms with Crippen molar-refractivity contribution in [2.45, 2.75) is 19.9 Å². The normalized spacial score (nSPS) is 12.1. The molecule has 1 N–H and O–H groups in total. The van der Waals surface area contributed by atoms with Crippen LogP contribution in [0, 0.1) is 13.8 Å². The first-order chi connectivity index (χ1) is 13.5. The van der Waals surface area contributed by atoms with E-state index in [1.807, 2.05) is 62.4 Å². The third-order valence-corrected chi connectivity index (χ3v) is 4.69. The second-order valence-corrected chi connectivity index (χ2v) is 6.99. The van der Waals surface area contributed by atoms with Gasteiger partial charge in [-0.05, 0) is 43.2 Å². The number of fused-ring (bicyclic) bond motifs is 1. The zero-order chi connectivity index (χ0) is 19.7. The number of nitrogens with zero attached hydrogens (tertiary/aromatic N) is 4. The first-order valence-electron chi connectivity index (χ1n) is 8.83. The Labute approximate surface area is 167 Å². The summed E-state index contributed by atoms with van der Waals surface area (Å²) in [5, 5.41) is 7.99. The maximum atomic E-state index is 12.9. The van der Waals surface area contributed by atoms with Gasteiger partial charge in [0.25, 0.3) is 11.7 Å². The van der Waals surface area contributed by atoms with E-state index in [-0.39, 0.29) is 17.8 Å². The molecular formula is C21H18ClN5O. The van der Waals surface area contributed by atoms with E-state index in [0.29, 0.717) is 10.8 Å². The Bertz CT molecular complexity index is 1140. The predicted octanol–water partition coefficient (Wildman–Crippen LogP) is 3.91. The Balaban J connectivity index is 1.69. The van der Waals surface area contributed by atoms with Gasteiger partial charge in [-0.3, -0.25) is 4.79 Å². The first-order valence-corrected chi connectivity index (χ1v) is 9.21. The van der Waals surface area contributed by atoms with E-state index in [4.69, 9.17) is 11.6 Å². The lowest BCUT2D eigenvalue weighted by molar-refractivity contribution is 0.0932. The fourth-order valence-corrected chi connectivity index (χ4v) is 3.24. The molecule has 0 aliphatic carbocycles. The van der Waals surface area contributed by atoms with E-state index in [9.17, 15) is 4.79 Å². The van der Waals surface area contributed by atoms with Crippen LogP contribution in [0.25, 0.3) is 5.78 Å². The van der Waals surface area contributed by atoms with Crippen molar-refractivity contribution in [1.29, 1.82) is 0 Å². The number of benzene rings is 2. The number of hydrogen-bond acceptors (Lipinski definition) is 4. The molecule has 0 radical (unpaired) electrons. The third kappa shape index (κ3) is 3.59. The largest absolute Gasteiger partial charge is 0.338 e. The zero-order valence-corrected chi connectivity index (χ0v) is 16.2. The molecule has 4 aromatic rings. The summed E-state index contributed by atoms with van der Waals surface area (Å²) in [5.74, 6) is 0.118. The Morgan fingerprint density at radius 3 is 2.39 bits per heavy atom. The van der Waals surface area contributed by atoms with E-state index in [2.05, 4.69) is 20.4 Å². The summed E-state index contributed by atoms with van der Waals surface area (Å²) in [6, 6.07) is 18.7. The molecule has 0 saturated carbocycles. The van der Waals surface area contributed by atoms with Crippen LogP contribution in [0.5, 0.6) is 0 Å². The number of aryl methyl sites for hydroxylation is 2. The molecule has 140 valence electrons. The van der Waals surface area contributed by atoms with Gasteiger partial charge in [0, 0.05) is 16.4 Å². The summed E-state index contributed by atoms with van der Waals surface area (Å²) in [7, 11) is 0. The predicted molar refractivity (Wildman–Crippen MR) is 107 cm³/mol. The fourth-order valence-electron chi connectivity index (χ4n) is 3.12. The molecule has 6 nitrogen and oxygen atoms in total. The van der Waals surface area contributed by atoms with Crippen molar-refractivity contribution >= 4 is 23.3 Å². The van der Waals surface area contributed by atoms with E-state index in [1.165, 1.54) is 0 Å². The monoisotopic (exact) mass is 391 g/mol. The summed E-state index contributed by atoms with van der Waals surface area (Å²) < 4.78 is 1.57. The molecule has 7 heteroatoms. The number of carbonyl (C=O) groups is 1. The van der Waals surface area contributed by atoms with Gasteiger partial charge in [0.05, 0.1) is 6.04 Å². The van der Waals surface area contributed by atoms with Gasteiger partial charge < -0.3 is 5.32 Å². The second-order valence-electron chi connectivity index (χ2n) is 6.55. The topological polar surface area (TPSA) is 72.2 Å². The van der Waals surface area contributed by atoms with Gasteiger partial charge in [-0.1, -0.05) is 54.1 Å². The van der Waals surface area contributed by atoms with Crippen LogP contribution in [0.15, 0.2) is 60.7 Å². The van der Waals surface area contributed by atoms with Crippen molar-refractivity contribution in [1.82, 2.24) is 24.9 Å². The number of amides is 1. The van der Waals surface area contributed by atoms with Crippen LogP contribution in [0.4, 0.5) is 0 Å². The van der Waals surface area contributed by atoms with Crippen LogP contribution >= 0.6 is 11.6 Å². The van der Waals surface area contributed by atoms with Gasteiger partial charge >= 0.3 is 0 Å². The van der Waals surface area contributed by atoms with Crippen molar-refractivity contribution in [2.24, 2.45) is 0 Å². The highest BCUT2D eigenvalue weighted by atomic mass is 35.5. The number of aromatic nitrogens is 4. The average Bonchev–Trinajstić information content (AvgIpc) is 3.12. The Morgan fingerprint density at radius 1 is 1.00 bits per heavy atom. The summed E-state index contributed by atoms with van der Waals surface area (Å²) in [4.78, 5) is 21.6. The summed E-state index contributed by atoms with van der Waals surface area (Å²) >= 11 is 6.02. The van der Waals surface area contributed by atoms with Gasteiger partial charge in [-0.15, -0.1) is 5.10 Å². The minimum absolute atomic E-state index is 0.0797. The van der Waals surface area contributed by atoms with Gasteiger partial charge in [-0.2, -0.15) is 4.98 Å². The highest BCUT2D eigenvalue weighted by Crippen LogP contribution is 2.24. The zero-order valence-electron chi connectivity index (χ0n) is 15.4. The van der Waals surface area contributed by atoms with E-state index < -0.39 is 0 Å². The maximum Gasteiger partial charge on any atom is 0.291 e. The molecule has 0 fully saturated rings. The molecule has 0 spiro atoms. The summed E-state index contributed by atoms with van der Waals surface area (Å²) in [5.41, 5.74) is 3.56. The number of nitrogens with one attached hydrogen (secondary N) is 1. The first kappa shape index (κ1) is 18.1. The van der Waals surface area contributed by atoms with E-state index in [1.54, 1.807) is 16.6 Å². The van der Waals surface area contributed by atoms with Crippen molar-refractivity contribution in [2.75, 3.05) is 0 Å². The van der Waals surface area contributed by atoms with E-state index in [0.717, 1.165) is 22.5 Å². The standard InChI is InChI=1S/C21H18ClN5O/c1-13-12-14(2)27-21(23-13)25-19(26-27)20(28)24-18(15-6-4-3-5-7-15)16-8-10-17(22)11-9-16/h3-12,18H,1-2H3,(H,24,28)/t18-/m0/s1. The maximum absolute atomic E-state index is 12.9. The molecule has 2 heterocycles. The Morgan fingerprint density at radius 2 is 1.68 bits per heavy atom. The smallest absolute Gasteiger partial charge is 0.291 e. The molecule has 2 aromatic heterocycles. The Hall–Kier alpha value is -3.25. The molecule has 1 atom stereocenters. The lowest BCUT2D eigenvalue weighted by Gasteiger charge is -2.19. The fraction of sp³-hybridized carbons (Fsp3) is 0.143. The number of halogens is 1. The molecule has 28 heavy (non-hydrogen) atoms. The molecule has 1 amide bonds.